The number of benzene rings is 12. The molecule has 12 aromatic carbocycles. The molecular weight excluding hydrogens is 805 g/mol. The molecule has 67 heavy (non-hydrogen) atoms. The maximum absolute atomic E-state index is 2.53. The molecule has 0 bridgehead atoms. The van der Waals surface area contributed by atoms with E-state index in [1.807, 2.05) is 0 Å². The summed E-state index contributed by atoms with van der Waals surface area (Å²) in [6, 6.07) is 90.4. The molecule has 2 aliphatic rings. The van der Waals surface area contributed by atoms with Gasteiger partial charge in [-0.1, -0.05) is 249 Å². The Morgan fingerprint density at radius 3 is 1.28 bits per heavy atom. The molecule has 310 valence electrons. The number of hydrogen-bond acceptors (Lipinski definition) is 0. The van der Waals surface area contributed by atoms with E-state index in [0.29, 0.717) is 0 Å². The van der Waals surface area contributed by atoms with E-state index in [1.54, 1.807) is 0 Å². The van der Waals surface area contributed by atoms with E-state index in [2.05, 4.69) is 255 Å². The average Bonchev–Trinajstić information content (AvgIpc) is 3.86. The van der Waals surface area contributed by atoms with Gasteiger partial charge in [0.2, 0.25) is 0 Å². The van der Waals surface area contributed by atoms with Crippen LogP contribution in [0, 0.1) is 0 Å². The first-order valence-electron chi connectivity index (χ1n) is 23.4. The number of fused-ring (bicyclic) bond motifs is 14. The zero-order chi connectivity index (χ0) is 44.1. The molecule has 0 amide bonds. The lowest BCUT2D eigenvalue weighted by Gasteiger charge is -2.30. The summed E-state index contributed by atoms with van der Waals surface area (Å²) in [5.74, 6) is 0. The van der Waals surface area contributed by atoms with E-state index in [1.165, 1.54) is 132 Å². The molecule has 1 spiro atoms. The first kappa shape index (κ1) is 37.8. The predicted octanol–water partition coefficient (Wildman–Crippen LogP) is 17.8. The van der Waals surface area contributed by atoms with E-state index < -0.39 is 5.41 Å². The highest BCUT2D eigenvalue weighted by Gasteiger charge is 2.51. The fourth-order valence-corrected chi connectivity index (χ4v) is 12.1. The van der Waals surface area contributed by atoms with Crippen molar-refractivity contribution in [3.8, 4) is 55.6 Å². The third-order valence-electron chi connectivity index (χ3n) is 14.9. The fraction of sp³-hybridized carbons (Fsp3) is 0.0149. The summed E-state index contributed by atoms with van der Waals surface area (Å²) in [6.07, 6.45) is 4.52. The van der Waals surface area contributed by atoms with Crippen molar-refractivity contribution in [2.75, 3.05) is 0 Å². The zero-order valence-electron chi connectivity index (χ0n) is 36.7. The second kappa shape index (κ2) is 14.7. The summed E-state index contributed by atoms with van der Waals surface area (Å²) in [4.78, 5) is 0. The highest BCUT2D eigenvalue weighted by atomic mass is 14.5. The van der Waals surface area contributed by atoms with Crippen LogP contribution in [-0.2, 0) is 5.41 Å². The van der Waals surface area contributed by atoms with Gasteiger partial charge in [0.25, 0.3) is 0 Å². The quantitative estimate of drug-likeness (QED) is 0.120. The van der Waals surface area contributed by atoms with Crippen LogP contribution in [0.5, 0.6) is 0 Å². The minimum atomic E-state index is -0.398. The monoisotopic (exact) mass is 846 g/mol. The van der Waals surface area contributed by atoms with Crippen LogP contribution in [0.1, 0.15) is 33.4 Å². The van der Waals surface area contributed by atoms with Gasteiger partial charge in [-0.2, -0.15) is 0 Å². The van der Waals surface area contributed by atoms with Gasteiger partial charge >= 0.3 is 0 Å². The standard InChI is InChI=1S/C67H42/c1-2-18-48-44(16-1)17-15-28-51(48)52-40-38-45(49-19-3-4-20-50(49)52)35-32-43-33-36-46(37-34-43)65-57-24-5-7-26-59(57)66(60-27-8-6-25-58(60)65)47-39-41-56-55-23-11-14-31-63(55)67(64(56)42-47)61-29-12-9-21-53(61)54-22-10-13-30-62(54)67/h1-42H/b35-32+. The first-order valence-corrected chi connectivity index (χ1v) is 23.4. The maximum Gasteiger partial charge on any atom is 0.0725 e. The molecule has 0 atom stereocenters. The Labute approximate surface area is 390 Å². The molecule has 12 aromatic rings. The normalized spacial score (nSPS) is 13.1. The second-order valence-corrected chi connectivity index (χ2v) is 18.2. The molecule has 14 rings (SSSR count). The van der Waals surface area contributed by atoms with E-state index in [9.17, 15) is 0 Å². The van der Waals surface area contributed by atoms with E-state index in [-0.39, 0.29) is 0 Å². The maximum atomic E-state index is 2.53. The molecule has 0 saturated heterocycles. The minimum absolute atomic E-state index is 0.398. The molecule has 0 aromatic heterocycles. The SMILES string of the molecule is C(=C\c1ccc(-c2cccc3ccccc23)c2ccccc12)/c1ccc(-c2c3ccccc3c(-c3ccc4c(c3)C3(c5ccccc5-c5ccccc53)c3ccccc3-4)c3ccccc23)cc1. The van der Waals surface area contributed by atoms with E-state index >= 15 is 0 Å². The fourth-order valence-electron chi connectivity index (χ4n) is 12.1. The summed E-state index contributed by atoms with van der Waals surface area (Å²) in [6.45, 7) is 0. The molecule has 0 aliphatic heterocycles. The van der Waals surface area contributed by atoms with Crippen LogP contribution in [0.3, 0.4) is 0 Å². The molecule has 0 unspecified atom stereocenters. The van der Waals surface area contributed by atoms with Gasteiger partial charge in [-0.05, 0) is 138 Å². The third-order valence-corrected chi connectivity index (χ3v) is 14.9. The van der Waals surface area contributed by atoms with Gasteiger partial charge in [-0.25, -0.2) is 0 Å². The molecule has 0 radical (unpaired) electrons. The summed E-state index contributed by atoms with van der Waals surface area (Å²) >= 11 is 0. The largest absolute Gasteiger partial charge is 0.0725 e. The van der Waals surface area contributed by atoms with Crippen molar-refractivity contribution >= 4 is 55.2 Å². The smallest absolute Gasteiger partial charge is 0.0619 e. The Kier molecular flexibility index (Phi) is 8.30. The van der Waals surface area contributed by atoms with Crippen LogP contribution in [0.15, 0.2) is 243 Å². The molecule has 2 aliphatic carbocycles. The molecule has 0 saturated carbocycles. The van der Waals surface area contributed by atoms with Crippen LogP contribution in [0.25, 0.3) is 111 Å². The zero-order valence-corrected chi connectivity index (χ0v) is 36.7. The van der Waals surface area contributed by atoms with Gasteiger partial charge in [0.05, 0.1) is 5.41 Å². The Morgan fingerprint density at radius 1 is 0.254 bits per heavy atom. The van der Waals surface area contributed by atoms with Gasteiger partial charge in [0.1, 0.15) is 0 Å². The van der Waals surface area contributed by atoms with Crippen LogP contribution < -0.4 is 0 Å². The van der Waals surface area contributed by atoms with Crippen LogP contribution in [-0.4, -0.2) is 0 Å². The lowest BCUT2D eigenvalue weighted by atomic mass is 9.70. The minimum Gasteiger partial charge on any atom is -0.0619 e. The molecule has 0 fully saturated rings. The van der Waals surface area contributed by atoms with Crippen LogP contribution >= 0.6 is 0 Å². The van der Waals surface area contributed by atoms with Crippen molar-refractivity contribution in [1.29, 1.82) is 0 Å². The van der Waals surface area contributed by atoms with Gasteiger partial charge in [-0.15, -0.1) is 0 Å². The number of rotatable bonds is 5. The highest BCUT2D eigenvalue weighted by molar-refractivity contribution is 6.21. The van der Waals surface area contributed by atoms with Crippen LogP contribution in [0.2, 0.25) is 0 Å². The van der Waals surface area contributed by atoms with Gasteiger partial charge in [0.15, 0.2) is 0 Å². The van der Waals surface area contributed by atoms with Gasteiger partial charge in [-0.3, -0.25) is 0 Å². The number of hydrogen-bond donors (Lipinski definition) is 0. The lowest BCUT2D eigenvalue weighted by Crippen LogP contribution is -2.25. The van der Waals surface area contributed by atoms with Crippen molar-refractivity contribution in [1.82, 2.24) is 0 Å². The topological polar surface area (TPSA) is 0 Å². The van der Waals surface area contributed by atoms with Crippen molar-refractivity contribution in [2.24, 2.45) is 0 Å². The Morgan fingerprint density at radius 2 is 0.672 bits per heavy atom. The molecule has 0 nitrogen and oxygen atoms in total. The van der Waals surface area contributed by atoms with Gasteiger partial charge in [0, 0.05) is 0 Å². The van der Waals surface area contributed by atoms with Crippen molar-refractivity contribution in [3.63, 3.8) is 0 Å². The Hall–Kier alpha value is -8.58. The van der Waals surface area contributed by atoms with Crippen LogP contribution in [0.4, 0.5) is 0 Å². The average molecular weight is 847 g/mol. The summed E-state index contributed by atoms with van der Waals surface area (Å²) in [7, 11) is 0. The third kappa shape index (κ3) is 5.48. The highest BCUT2D eigenvalue weighted by Crippen LogP contribution is 2.63. The first-order chi connectivity index (χ1) is 33.3. The molecule has 0 N–H and O–H groups in total. The summed E-state index contributed by atoms with van der Waals surface area (Å²) in [5, 5.41) is 10.1. The Balaban J connectivity index is 0.880. The predicted molar refractivity (Wildman–Crippen MR) is 284 cm³/mol. The molecule has 0 heteroatoms. The molecular formula is C67H42. The van der Waals surface area contributed by atoms with Crippen molar-refractivity contribution < 1.29 is 0 Å². The summed E-state index contributed by atoms with van der Waals surface area (Å²) in [5.41, 5.74) is 20.3. The van der Waals surface area contributed by atoms with E-state index in [4.69, 9.17) is 0 Å². The summed E-state index contributed by atoms with van der Waals surface area (Å²) < 4.78 is 0. The lowest BCUT2D eigenvalue weighted by molar-refractivity contribution is 0.794. The van der Waals surface area contributed by atoms with Crippen molar-refractivity contribution in [3.05, 3.63) is 276 Å². The van der Waals surface area contributed by atoms with E-state index in [0.717, 1.165) is 0 Å². The van der Waals surface area contributed by atoms with Gasteiger partial charge < -0.3 is 0 Å². The molecule has 0 heterocycles. The Bertz CT molecular complexity index is 3910. The second-order valence-electron chi connectivity index (χ2n) is 18.2. The van der Waals surface area contributed by atoms with Crippen molar-refractivity contribution in [2.45, 2.75) is 5.41 Å².